The summed E-state index contributed by atoms with van der Waals surface area (Å²) in [4.78, 5) is 12.6. The lowest BCUT2D eigenvalue weighted by atomic mass is 9.78. The van der Waals surface area contributed by atoms with Crippen LogP contribution in [-0.2, 0) is 10.2 Å². The number of hydrogen-bond acceptors (Lipinski definition) is 3. The Labute approximate surface area is 191 Å². The van der Waals surface area contributed by atoms with Gasteiger partial charge in [-0.3, -0.25) is 4.79 Å². The molecule has 3 aromatic rings. The van der Waals surface area contributed by atoms with Crippen LogP contribution in [-0.4, -0.2) is 18.6 Å². The monoisotopic (exact) mass is 431 g/mol. The predicted octanol–water partition coefficient (Wildman–Crippen LogP) is 6.60. The smallest absolute Gasteiger partial charge is 0.265 e. The van der Waals surface area contributed by atoms with Crippen molar-refractivity contribution < 1.29 is 14.3 Å². The largest absolute Gasteiger partial charge is 0.494 e. The normalized spacial score (nSPS) is 12.1. The molecule has 1 amide bonds. The Morgan fingerprint density at radius 2 is 1.47 bits per heavy atom. The molecule has 168 valence electrons. The van der Waals surface area contributed by atoms with E-state index in [9.17, 15) is 4.79 Å². The third-order valence-electron chi connectivity index (χ3n) is 5.64. The highest BCUT2D eigenvalue weighted by Crippen LogP contribution is 2.32. The Hall–Kier alpha value is -3.27. The molecule has 0 heterocycles. The van der Waals surface area contributed by atoms with Gasteiger partial charge in [-0.05, 0) is 60.9 Å². The highest BCUT2D eigenvalue weighted by molar-refractivity contribution is 5.94. The number of carbonyl (C=O) groups excluding carboxylic acids is 1. The van der Waals surface area contributed by atoms with E-state index in [0.29, 0.717) is 18.0 Å². The van der Waals surface area contributed by atoms with E-state index in [1.165, 1.54) is 11.1 Å². The molecule has 1 N–H and O–H groups in total. The molecule has 0 spiro atoms. The minimum Gasteiger partial charge on any atom is -0.494 e. The number of unbranched alkanes of at least 4 members (excludes halogenated alkanes) is 1. The zero-order valence-electron chi connectivity index (χ0n) is 19.4. The van der Waals surface area contributed by atoms with Crippen molar-refractivity contribution in [3.63, 3.8) is 0 Å². The summed E-state index contributed by atoms with van der Waals surface area (Å²) in [7, 11) is 0. The van der Waals surface area contributed by atoms with Gasteiger partial charge in [-0.15, -0.1) is 0 Å². The van der Waals surface area contributed by atoms with Gasteiger partial charge >= 0.3 is 0 Å². The molecule has 0 saturated carbocycles. The first-order chi connectivity index (χ1) is 15.4. The summed E-state index contributed by atoms with van der Waals surface area (Å²) in [5.74, 6) is 1.28. The Kier molecular flexibility index (Phi) is 7.93. The van der Waals surface area contributed by atoms with Gasteiger partial charge in [0.15, 0.2) is 6.10 Å². The molecule has 0 radical (unpaired) electrons. The van der Waals surface area contributed by atoms with Crippen LogP contribution in [0.25, 0.3) is 0 Å². The number of nitrogens with one attached hydrogen (secondary N) is 1. The lowest BCUT2D eigenvalue weighted by Crippen LogP contribution is -2.30. The highest BCUT2D eigenvalue weighted by Gasteiger charge is 2.23. The van der Waals surface area contributed by atoms with Gasteiger partial charge in [0.25, 0.3) is 5.91 Å². The lowest BCUT2D eigenvalue weighted by Gasteiger charge is -2.26. The van der Waals surface area contributed by atoms with Gasteiger partial charge in [0, 0.05) is 11.1 Å². The fourth-order valence-corrected chi connectivity index (χ4v) is 3.44. The van der Waals surface area contributed by atoms with E-state index in [1.807, 2.05) is 42.5 Å². The van der Waals surface area contributed by atoms with Crippen molar-refractivity contribution >= 4 is 11.6 Å². The van der Waals surface area contributed by atoms with Crippen LogP contribution in [0.2, 0.25) is 0 Å². The molecule has 0 aliphatic heterocycles. The van der Waals surface area contributed by atoms with Crippen LogP contribution in [0.4, 0.5) is 5.69 Å². The van der Waals surface area contributed by atoms with Crippen molar-refractivity contribution in [2.45, 2.75) is 52.1 Å². The average molecular weight is 432 g/mol. The molecule has 3 rings (SSSR count). The number of benzene rings is 3. The van der Waals surface area contributed by atoms with Gasteiger partial charge in [-0.2, -0.15) is 0 Å². The molecule has 0 aliphatic rings. The van der Waals surface area contributed by atoms with E-state index >= 15 is 0 Å². The van der Waals surface area contributed by atoms with Crippen molar-refractivity contribution in [3.8, 4) is 11.5 Å². The van der Waals surface area contributed by atoms with Crippen molar-refractivity contribution in [2.75, 3.05) is 11.9 Å². The zero-order valence-corrected chi connectivity index (χ0v) is 19.4. The van der Waals surface area contributed by atoms with E-state index in [-0.39, 0.29) is 11.3 Å². The van der Waals surface area contributed by atoms with Crippen LogP contribution in [0.15, 0.2) is 78.9 Å². The van der Waals surface area contributed by atoms with Crippen molar-refractivity contribution in [1.29, 1.82) is 0 Å². The Morgan fingerprint density at radius 3 is 2.09 bits per heavy atom. The maximum absolute atomic E-state index is 12.6. The second-order valence-electron chi connectivity index (χ2n) is 8.49. The molecular weight excluding hydrogens is 398 g/mol. The van der Waals surface area contributed by atoms with E-state index in [2.05, 4.69) is 62.5 Å². The van der Waals surface area contributed by atoms with Crippen LogP contribution >= 0.6 is 0 Å². The molecule has 0 fully saturated rings. The van der Waals surface area contributed by atoms with Crippen molar-refractivity contribution in [2.24, 2.45) is 0 Å². The van der Waals surface area contributed by atoms with Crippen molar-refractivity contribution in [3.05, 3.63) is 90.0 Å². The molecule has 4 heteroatoms. The van der Waals surface area contributed by atoms with Gasteiger partial charge in [0.2, 0.25) is 0 Å². The Balaban J connectivity index is 1.56. The van der Waals surface area contributed by atoms with Gasteiger partial charge in [0.05, 0.1) is 6.61 Å². The summed E-state index contributed by atoms with van der Waals surface area (Å²) in [6.45, 7) is 8.99. The Morgan fingerprint density at radius 1 is 0.875 bits per heavy atom. The highest BCUT2D eigenvalue weighted by atomic mass is 16.5. The minimum absolute atomic E-state index is 0.116. The lowest BCUT2D eigenvalue weighted by molar-refractivity contribution is -0.122. The van der Waals surface area contributed by atoms with Crippen LogP contribution in [0, 0.1) is 0 Å². The second kappa shape index (κ2) is 10.9. The molecular formula is C28H33NO3. The molecule has 1 atom stereocenters. The standard InChI is InChI=1S/C28H33NO3/c1-5-6-20-31-25-18-14-24(15-19-25)29-27(30)21(2)32-26-16-12-23(13-17-26)28(3,4)22-10-8-7-9-11-22/h7-19,21H,5-6,20H2,1-4H3,(H,29,30). The van der Waals surface area contributed by atoms with E-state index in [1.54, 1.807) is 6.92 Å². The van der Waals surface area contributed by atoms with Gasteiger partial charge in [-0.25, -0.2) is 0 Å². The summed E-state index contributed by atoms with van der Waals surface area (Å²) in [6.07, 6.45) is 1.50. The number of rotatable bonds is 10. The third-order valence-corrected chi connectivity index (χ3v) is 5.64. The summed E-state index contributed by atoms with van der Waals surface area (Å²) in [6, 6.07) is 25.8. The number of amides is 1. The van der Waals surface area contributed by atoms with E-state index in [0.717, 1.165) is 18.6 Å². The number of hydrogen-bond donors (Lipinski definition) is 1. The average Bonchev–Trinajstić information content (AvgIpc) is 2.81. The van der Waals surface area contributed by atoms with Crippen LogP contribution in [0.1, 0.15) is 51.7 Å². The van der Waals surface area contributed by atoms with Gasteiger partial charge in [-0.1, -0.05) is 69.7 Å². The van der Waals surface area contributed by atoms with Gasteiger partial charge < -0.3 is 14.8 Å². The topological polar surface area (TPSA) is 47.6 Å². The van der Waals surface area contributed by atoms with Crippen LogP contribution in [0.3, 0.4) is 0 Å². The first-order valence-corrected chi connectivity index (χ1v) is 11.3. The summed E-state index contributed by atoms with van der Waals surface area (Å²) >= 11 is 0. The van der Waals surface area contributed by atoms with Gasteiger partial charge in [0.1, 0.15) is 11.5 Å². The molecule has 4 nitrogen and oxygen atoms in total. The molecule has 0 aliphatic carbocycles. The second-order valence-corrected chi connectivity index (χ2v) is 8.49. The molecule has 0 aromatic heterocycles. The predicted molar refractivity (Wildman–Crippen MR) is 131 cm³/mol. The molecule has 3 aromatic carbocycles. The number of ether oxygens (including phenoxy) is 2. The maximum Gasteiger partial charge on any atom is 0.265 e. The molecule has 0 saturated heterocycles. The number of carbonyl (C=O) groups is 1. The first-order valence-electron chi connectivity index (χ1n) is 11.3. The molecule has 32 heavy (non-hydrogen) atoms. The summed E-state index contributed by atoms with van der Waals surface area (Å²) < 4.78 is 11.5. The Bertz CT molecular complexity index is 979. The first kappa shape index (κ1) is 23.4. The zero-order chi connectivity index (χ0) is 23.0. The molecule has 1 unspecified atom stereocenters. The fraction of sp³-hybridized carbons (Fsp3) is 0.321. The third kappa shape index (κ3) is 6.13. The van der Waals surface area contributed by atoms with Crippen LogP contribution < -0.4 is 14.8 Å². The van der Waals surface area contributed by atoms with Crippen molar-refractivity contribution in [1.82, 2.24) is 0 Å². The fourth-order valence-electron chi connectivity index (χ4n) is 3.44. The van der Waals surface area contributed by atoms with E-state index < -0.39 is 6.10 Å². The van der Waals surface area contributed by atoms with Crippen LogP contribution in [0.5, 0.6) is 11.5 Å². The van der Waals surface area contributed by atoms with E-state index in [4.69, 9.17) is 9.47 Å². The molecule has 0 bridgehead atoms. The SMILES string of the molecule is CCCCOc1ccc(NC(=O)C(C)Oc2ccc(C(C)(C)c3ccccc3)cc2)cc1. The quantitative estimate of drug-likeness (QED) is 0.368. The minimum atomic E-state index is -0.622. The summed E-state index contributed by atoms with van der Waals surface area (Å²) in [5, 5.41) is 2.89. The maximum atomic E-state index is 12.6. The summed E-state index contributed by atoms with van der Waals surface area (Å²) in [5.41, 5.74) is 3.04. The number of anilines is 1.